The van der Waals surface area contributed by atoms with E-state index >= 15 is 0 Å². The number of amides is 1. The highest BCUT2D eigenvalue weighted by atomic mass is 127. The van der Waals surface area contributed by atoms with Crippen molar-refractivity contribution in [2.45, 2.75) is 32.7 Å². The molecule has 1 aliphatic heterocycles. The van der Waals surface area contributed by atoms with Crippen molar-refractivity contribution in [2.75, 3.05) is 33.7 Å². The molecule has 1 fully saturated rings. The molecule has 5 nitrogen and oxygen atoms in total. The van der Waals surface area contributed by atoms with Gasteiger partial charge in [0.15, 0.2) is 5.96 Å². The van der Waals surface area contributed by atoms with Gasteiger partial charge in [-0.2, -0.15) is 0 Å². The molecule has 3 rings (SSSR count). The minimum Gasteiger partial charge on any atom is -0.357 e. The number of carbonyl (C=O) groups is 1. The molecule has 0 spiro atoms. The van der Waals surface area contributed by atoms with Gasteiger partial charge < -0.3 is 15.1 Å². The molecular formula is C25H35IN4O. The number of likely N-dealkylation sites (tertiary alicyclic amines) is 1. The predicted molar refractivity (Wildman–Crippen MR) is 139 cm³/mol. The molecule has 1 heterocycles. The summed E-state index contributed by atoms with van der Waals surface area (Å²) in [6.45, 7) is 7.91. The Kier molecular flexibility index (Phi) is 9.81. The molecule has 6 heteroatoms. The number of rotatable bonds is 5. The van der Waals surface area contributed by atoms with Gasteiger partial charge in [-0.3, -0.25) is 4.79 Å². The highest BCUT2D eigenvalue weighted by Crippen LogP contribution is 2.32. The molecule has 0 radical (unpaired) electrons. The molecule has 1 amide bonds. The van der Waals surface area contributed by atoms with Crippen LogP contribution in [0.5, 0.6) is 0 Å². The minimum atomic E-state index is 0. The summed E-state index contributed by atoms with van der Waals surface area (Å²) in [4.78, 5) is 20.9. The monoisotopic (exact) mass is 534 g/mol. The second kappa shape index (κ2) is 12.1. The first-order valence-electron chi connectivity index (χ1n) is 10.9. The molecule has 1 aliphatic rings. The van der Waals surface area contributed by atoms with E-state index in [0.29, 0.717) is 23.9 Å². The van der Waals surface area contributed by atoms with Gasteiger partial charge in [-0.05, 0) is 48.4 Å². The third-order valence-corrected chi connectivity index (χ3v) is 5.79. The van der Waals surface area contributed by atoms with Crippen LogP contribution in [0.15, 0.2) is 59.6 Å². The predicted octanol–water partition coefficient (Wildman–Crippen LogP) is 4.60. The fourth-order valence-corrected chi connectivity index (χ4v) is 4.14. The number of hydrogen-bond acceptors (Lipinski definition) is 2. The number of hydrogen-bond donors (Lipinski definition) is 1. The molecule has 2 aromatic rings. The van der Waals surface area contributed by atoms with Crippen LogP contribution in [0.25, 0.3) is 0 Å². The number of nitrogens with one attached hydrogen (secondary N) is 1. The minimum absolute atomic E-state index is 0. The second-order valence-electron chi connectivity index (χ2n) is 8.30. The van der Waals surface area contributed by atoms with Gasteiger partial charge in [0.05, 0.1) is 6.54 Å². The van der Waals surface area contributed by atoms with Crippen molar-refractivity contribution in [1.29, 1.82) is 0 Å². The molecule has 0 bridgehead atoms. The normalized spacial score (nSPS) is 18.8. The van der Waals surface area contributed by atoms with Crippen LogP contribution in [-0.4, -0.2) is 55.4 Å². The fraction of sp³-hybridized carbons (Fsp3) is 0.440. The third kappa shape index (κ3) is 6.69. The number of piperidine rings is 1. The van der Waals surface area contributed by atoms with Gasteiger partial charge in [-0.15, -0.1) is 24.0 Å². The van der Waals surface area contributed by atoms with Gasteiger partial charge in [0.2, 0.25) is 0 Å². The van der Waals surface area contributed by atoms with Crippen LogP contribution in [0, 0.1) is 5.92 Å². The summed E-state index contributed by atoms with van der Waals surface area (Å²) in [6.07, 6.45) is 1.14. The Morgan fingerprint density at radius 1 is 1.13 bits per heavy atom. The average molecular weight is 534 g/mol. The van der Waals surface area contributed by atoms with Crippen LogP contribution in [-0.2, 0) is 6.54 Å². The maximum absolute atomic E-state index is 12.1. The van der Waals surface area contributed by atoms with Gasteiger partial charge >= 0.3 is 0 Å². The standard InChI is InChI=1S/C25H34N4O.HI/c1-5-26-25(27-17-20-11-13-22(14-12-20)24(30)28(3)4)29-16-15-23(19(2)18-29)21-9-7-6-8-10-21;/h6-14,19,23H,5,15-18H2,1-4H3,(H,26,27);1H. The van der Waals surface area contributed by atoms with Crippen molar-refractivity contribution in [3.63, 3.8) is 0 Å². The van der Waals surface area contributed by atoms with Crippen LogP contribution >= 0.6 is 24.0 Å². The van der Waals surface area contributed by atoms with Crippen LogP contribution in [0.1, 0.15) is 47.7 Å². The third-order valence-electron chi connectivity index (χ3n) is 5.79. The molecular weight excluding hydrogens is 499 g/mol. The van der Waals surface area contributed by atoms with Crippen molar-refractivity contribution in [3.05, 3.63) is 71.3 Å². The lowest BCUT2D eigenvalue weighted by Crippen LogP contribution is -2.48. The first-order valence-corrected chi connectivity index (χ1v) is 10.9. The number of halogens is 1. The number of aliphatic imine (C=N–C) groups is 1. The van der Waals surface area contributed by atoms with E-state index < -0.39 is 0 Å². The number of carbonyl (C=O) groups excluding carboxylic acids is 1. The number of nitrogens with zero attached hydrogens (tertiary/aromatic N) is 3. The Bertz CT molecular complexity index is 852. The van der Waals surface area contributed by atoms with E-state index in [9.17, 15) is 4.79 Å². The number of benzene rings is 2. The molecule has 2 atom stereocenters. The van der Waals surface area contributed by atoms with Gasteiger partial charge in [0.25, 0.3) is 5.91 Å². The molecule has 2 aromatic carbocycles. The van der Waals surface area contributed by atoms with E-state index in [0.717, 1.165) is 37.6 Å². The second-order valence-corrected chi connectivity index (χ2v) is 8.30. The van der Waals surface area contributed by atoms with Crippen molar-refractivity contribution >= 4 is 35.8 Å². The molecule has 1 saturated heterocycles. The largest absolute Gasteiger partial charge is 0.357 e. The Hall–Kier alpha value is -2.09. The zero-order valence-electron chi connectivity index (χ0n) is 19.0. The molecule has 0 saturated carbocycles. The number of guanidine groups is 1. The van der Waals surface area contributed by atoms with Crippen molar-refractivity contribution in [3.8, 4) is 0 Å². The van der Waals surface area contributed by atoms with E-state index in [2.05, 4.69) is 54.4 Å². The maximum atomic E-state index is 12.1. The maximum Gasteiger partial charge on any atom is 0.253 e. The Labute approximate surface area is 203 Å². The van der Waals surface area contributed by atoms with E-state index in [1.54, 1.807) is 19.0 Å². The molecule has 31 heavy (non-hydrogen) atoms. The van der Waals surface area contributed by atoms with E-state index in [1.807, 2.05) is 24.3 Å². The Balaban J connectivity index is 0.00000341. The topological polar surface area (TPSA) is 47.9 Å². The average Bonchev–Trinajstić information content (AvgIpc) is 2.77. The summed E-state index contributed by atoms with van der Waals surface area (Å²) >= 11 is 0. The van der Waals surface area contributed by atoms with Crippen molar-refractivity contribution in [2.24, 2.45) is 10.9 Å². The summed E-state index contributed by atoms with van der Waals surface area (Å²) in [5.41, 5.74) is 3.25. The lowest BCUT2D eigenvalue weighted by molar-refractivity contribution is 0.0827. The van der Waals surface area contributed by atoms with Crippen molar-refractivity contribution in [1.82, 2.24) is 15.1 Å². The van der Waals surface area contributed by atoms with Crippen LogP contribution in [0.4, 0.5) is 0 Å². The molecule has 2 unspecified atom stereocenters. The zero-order valence-corrected chi connectivity index (χ0v) is 21.4. The van der Waals surface area contributed by atoms with E-state index in [4.69, 9.17) is 4.99 Å². The Morgan fingerprint density at radius 2 is 1.81 bits per heavy atom. The van der Waals surface area contributed by atoms with E-state index in [1.165, 1.54) is 5.56 Å². The SMILES string of the molecule is CCNC(=NCc1ccc(C(=O)N(C)C)cc1)N1CCC(c2ccccc2)C(C)C1.I. The Morgan fingerprint density at radius 3 is 2.39 bits per heavy atom. The van der Waals surface area contributed by atoms with Gasteiger partial charge in [0.1, 0.15) is 0 Å². The highest BCUT2D eigenvalue weighted by molar-refractivity contribution is 14.0. The molecule has 1 N–H and O–H groups in total. The zero-order chi connectivity index (χ0) is 21.5. The lowest BCUT2D eigenvalue weighted by Gasteiger charge is -2.39. The summed E-state index contributed by atoms with van der Waals surface area (Å²) in [5.74, 6) is 2.17. The van der Waals surface area contributed by atoms with Gasteiger partial charge in [-0.25, -0.2) is 4.99 Å². The summed E-state index contributed by atoms with van der Waals surface area (Å²) < 4.78 is 0. The molecule has 0 aromatic heterocycles. The first-order chi connectivity index (χ1) is 14.5. The van der Waals surface area contributed by atoms with E-state index in [-0.39, 0.29) is 29.9 Å². The van der Waals surface area contributed by atoms with Crippen LogP contribution in [0.3, 0.4) is 0 Å². The molecule has 0 aliphatic carbocycles. The quantitative estimate of drug-likeness (QED) is 0.347. The van der Waals surface area contributed by atoms with Crippen LogP contribution in [0.2, 0.25) is 0 Å². The van der Waals surface area contributed by atoms with Crippen LogP contribution < -0.4 is 5.32 Å². The lowest BCUT2D eigenvalue weighted by atomic mass is 9.82. The summed E-state index contributed by atoms with van der Waals surface area (Å²) in [5, 5.41) is 3.46. The summed E-state index contributed by atoms with van der Waals surface area (Å²) in [6, 6.07) is 18.6. The summed E-state index contributed by atoms with van der Waals surface area (Å²) in [7, 11) is 3.54. The first kappa shape index (κ1) is 25.2. The fourth-order valence-electron chi connectivity index (χ4n) is 4.14. The van der Waals surface area contributed by atoms with Crippen molar-refractivity contribution < 1.29 is 4.79 Å². The van der Waals surface area contributed by atoms with Gasteiger partial charge in [0, 0.05) is 39.3 Å². The van der Waals surface area contributed by atoms with Gasteiger partial charge in [-0.1, -0.05) is 49.4 Å². The molecule has 168 valence electrons. The highest BCUT2D eigenvalue weighted by Gasteiger charge is 2.28. The smallest absolute Gasteiger partial charge is 0.253 e.